The lowest BCUT2D eigenvalue weighted by Crippen LogP contribution is -2.57. The third-order valence-electron chi connectivity index (χ3n) is 6.39. The quantitative estimate of drug-likeness (QED) is 0.871. The van der Waals surface area contributed by atoms with Crippen LogP contribution in [0.25, 0.3) is 0 Å². The van der Waals surface area contributed by atoms with Gasteiger partial charge in [-0.15, -0.1) is 0 Å². The highest BCUT2D eigenvalue weighted by atomic mass is 16.5. The van der Waals surface area contributed by atoms with E-state index in [-0.39, 0.29) is 11.5 Å². The van der Waals surface area contributed by atoms with E-state index in [0.717, 1.165) is 77.3 Å². The third kappa shape index (κ3) is 3.57. The number of likely N-dealkylation sites (tertiary alicyclic amines) is 1. The minimum Gasteiger partial charge on any atom is -0.392 e. The van der Waals surface area contributed by atoms with E-state index < -0.39 is 0 Å². The van der Waals surface area contributed by atoms with Gasteiger partial charge < -0.3 is 14.7 Å². The molecule has 6 heteroatoms. The summed E-state index contributed by atoms with van der Waals surface area (Å²) in [6, 6.07) is 6.46. The van der Waals surface area contributed by atoms with E-state index >= 15 is 0 Å². The summed E-state index contributed by atoms with van der Waals surface area (Å²) < 4.78 is 5.51. The molecule has 1 atom stereocenters. The van der Waals surface area contributed by atoms with Gasteiger partial charge in [0.2, 0.25) is 0 Å². The van der Waals surface area contributed by atoms with Crippen LogP contribution in [0.2, 0.25) is 0 Å². The van der Waals surface area contributed by atoms with E-state index in [1.165, 1.54) is 0 Å². The monoisotopic (exact) mass is 356 g/mol. The highest BCUT2D eigenvalue weighted by Crippen LogP contribution is 2.42. The largest absolute Gasteiger partial charge is 0.392 e. The zero-order valence-corrected chi connectivity index (χ0v) is 15.3. The molecule has 1 aromatic heterocycles. The van der Waals surface area contributed by atoms with E-state index in [9.17, 15) is 10.4 Å². The van der Waals surface area contributed by atoms with Crippen molar-refractivity contribution in [1.82, 2.24) is 9.88 Å². The molecule has 1 unspecified atom stereocenters. The van der Waals surface area contributed by atoms with Crippen LogP contribution >= 0.6 is 0 Å². The van der Waals surface area contributed by atoms with Crippen molar-refractivity contribution < 1.29 is 9.84 Å². The van der Waals surface area contributed by atoms with Gasteiger partial charge in [0.1, 0.15) is 11.9 Å². The topological polar surface area (TPSA) is 72.6 Å². The molecule has 26 heavy (non-hydrogen) atoms. The zero-order valence-electron chi connectivity index (χ0n) is 15.3. The van der Waals surface area contributed by atoms with E-state index in [1.54, 1.807) is 6.20 Å². The Labute approximate surface area is 155 Å². The molecule has 3 aliphatic rings. The number of aliphatic hydroxyl groups excluding tert-OH is 1. The molecule has 0 aromatic carbocycles. The van der Waals surface area contributed by atoms with Gasteiger partial charge in [-0.2, -0.15) is 5.26 Å². The fourth-order valence-corrected chi connectivity index (χ4v) is 5.01. The van der Waals surface area contributed by atoms with Crippen molar-refractivity contribution >= 4 is 5.82 Å². The van der Waals surface area contributed by atoms with Crippen molar-refractivity contribution in [2.75, 3.05) is 44.3 Å². The molecule has 4 heterocycles. The van der Waals surface area contributed by atoms with Gasteiger partial charge in [0.15, 0.2) is 0 Å². The third-order valence-corrected chi connectivity index (χ3v) is 6.39. The molecule has 0 bridgehead atoms. The highest BCUT2D eigenvalue weighted by molar-refractivity contribution is 5.53. The minimum absolute atomic E-state index is 0.189. The van der Waals surface area contributed by atoms with Crippen molar-refractivity contribution in [2.45, 2.75) is 44.2 Å². The average molecular weight is 356 g/mol. The molecule has 0 radical (unpaired) electrons. The van der Waals surface area contributed by atoms with Gasteiger partial charge in [-0.05, 0) is 49.7 Å². The summed E-state index contributed by atoms with van der Waals surface area (Å²) in [6.07, 6.45) is 6.67. The molecule has 1 N–H and O–H groups in total. The average Bonchev–Trinajstić information content (AvgIpc) is 2.69. The normalized spacial score (nSPS) is 27.4. The van der Waals surface area contributed by atoms with Gasteiger partial charge in [0.25, 0.3) is 0 Å². The van der Waals surface area contributed by atoms with E-state index in [2.05, 4.69) is 20.9 Å². The van der Waals surface area contributed by atoms with Gasteiger partial charge in [0.05, 0.1) is 11.7 Å². The number of aliphatic hydroxyl groups is 1. The van der Waals surface area contributed by atoms with Crippen LogP contribution in [0.5, 0.6) is 0 Å². The summed E-state index contributed by atoms with van der Waals surface area (Å²) >= 11 is 0. The van der Waals surface area contributed by atoms with Crippen LogP contribution in [0.1, 0.15) is 37.7 Å². The number of anilines is 1. The van der Waals surface area contributed by atoms with E-state index in [0.29, 0.717) is 11.6 Å². The summed E-state index contributed by atoms with van der Waals surface area (Å²) in [5, 5.41) is 19.9. The Balaban J connectivity index is 1.44. The maximum atomic E-state index is 10.6. The van der Waals surface area contributed by atoms with Crippen LogP contribution in [0.3, 0.4) is 0 Å². The Hall–Kier alpha value is -1.68. The number of piperidine rings is 2. The minimum atomic E-state index is -0.234. The van der Waals surface area contributed by atoms with Crippen LogP contribution in [0.15, 0.2) is 18.3 Å². The lowest BCUT2D eigenvalue weighted by Gasteiger charge is -2.51. The van der Waals surface area contributed by atoms with E-state index in [1.807, 2.05) is 12.1 Å². The van der Waals surface area contributed by atoms with Crippen LogP contribution in [-0.4, -0.2) is 66.5 Å². The van der Waals surface area contributed by atoms with Crippen LogP contribution in [-0.2, 0) is 4.74 Å². The van der Waals surface area contributed by atoms with Crippen LogP contribution < -0.4 is 4.90 Å². The second-order valence-corrected chi connectivity index (χ2v) is 8.10. The summed E-state index contributed by atoms with van der Waals surface area (Å²) in [6.45, 7) is 5.37. The Morgan fingerprint density at radius 2 is 2.04 bits per heavy atom. The molecule has 140 valence electrons. The summed E-state index contributed by atoms with van der Waals surface area (Å²) in [5.74, 6) is 0.808. The predicted molar refractivity (Wildman–Crippen MR) is 98.9 cm³/mol. The van der Waals surface area contributed by atoms with Crippen molar-refractivity contribution in [3.63, 3.8) is 0 Å². The van der Waals surface area contributed by atoms with E-state index in [4.69, 9.17) is 4.74 Å². The molecule has 3 saturated heterocycles. The number of aromatic nitrogens is 1. The molecule has 3 fully saturated rings. The first kappa shape index (κ1) is 17.7. The molecular weight excluding hydrogens is 328 g/mol. The second-order valence-electron chi connectivity index (χ2n) is 8.10. The molecule has 0 aliphatic carbocycles. The lowest BCUT2D eigenvalue weighted by molar-refractivity contribution is -0.0602. The number of hydrogen-bond donors (Lipinski definition) is 1. The van der Waals surface area contributed by atoms with Crippen LogP contribution in [0.4, 0.5) is 5.82 Å². The standard InChI is InChI=1S/C20H28N4O2/c21-13-16-2-1-7-22-19(16)23-8-5-20(6-9-23)12-18(25)14-24(15-20)17-3-10-26-11-4-17/h1-2,7,17-18,25H,3-6,8-12,14-15H2. The molecule has 6 nitrogen and oxygen atoms in total. The van der Waals surface area contributed by atoms with Gasteiger partial charge in [-0.3, -0.25) is 4.90 Å². The number of ether oxygens (including phenoxy) is 1. The Morgan fingerprint density at radius 3 is 2.77 bits per heavy atom. The Bertz CT molecular complexity index is 660. The Kier molecular flexibility index (Phi) is 5.12. The molecule has 3 aliphatic heterocycles. The van der Waals surface area contributed by atoms with Gasteiger partial charge in [0, 0.05) is 51.6 Å². The molecular formula is C20H28N4O2. The smallest absolute Gasteiger partial charge is 0.146 e. The number of nitriles is 1. The maximum absolute atomic E-state index is 10.6. The number of β-amino-alcohol motifs (C(OH)–C–C–N with tert-alkyl or cyclic N) is 1. The first-order chi connectivity index (χ1) is 12.7. The van der Waals surface area contributed by atoms with Crippen molar-refractivity contribution in [1.29, 1.82) is 5.26 Å². The fraction of sp³-hybridized carbons (Fsp3) is 0.700. The number of nitrogens with zero attached hydrogens (tertiary/aromatic N) is 4. The number of hydrogen-bond acceptors (Lipinski definition) is 6. The van der Waals surface area contributed by atoms with Crippen molar-refractivity contribution in [3.05, 3.63) is 23.9 Å². The first-order valence-electron chi connectivity index (χ1n) is 9.79. The second kappa shape index (κ2) is 7.51. The molecule has 1 spiro atoms. The molecule has 0 amide bonds. The lowest BCUT2D eigenvalue weighted by atomic mass is 9.71. The zero-order chi connectivity index (χ0) is 18.0. The molecule has 1 aromatic rings. The SMILES string of the molecule is N#Cc1cccnc1N1CCC2(CC1)CC(O)CN(C1CCOCC1)C2. The predicted octanol–water partition coefficient (Wildman–Crippen LogP) is 1.79. The first-order valence-corrected chi connectivity index (χ1v) is 9.79. The highest BCUT2D eigenvalue weighted by Gasteiger charge is 2.43. The summed E-state index contributed by atoms with van der Waals surface area (Å²) in [4.78, 5) is 9.20. The molecule has 0 saturated carbocycles. The number of rotatable bonds is 2. The van der Waals surface area contributed by atoms with Gasteiger partial charge in [-0.25, -0.2) is 4.98 Å². The van der Waals surface area contributed by atoms with Crippen LogP contribution in [0, 0.1) is 16.7 Å². The summed E-state index contributed by atoms with van der Waals surface area (Å²) in [5.41, 5.74) is 0.838. The van der Waals surface area contributed by atoms with Crippen molar-refractivity contribution in [3.8, 4) is 6.07 Å². The van der Waals surface area contributed by atoms with Gasteiger partial charge >= 0.3 is 0 Å². The number of pyridine rings is 1. The maximum Gasteiger partial charge on any atom is 0.146 e. The Morgan fingerprint density at radius 1 is 1.27 bits per heavy atom. The fourth-order valence-electron chi connectivity index (χ4n) is 5.01. The summed E-state index contributed by atoms with van der Waals surface area (Å²) in [7, 11) is 0. The van der Waals surface area contributed by atoms with Gasteiger partial charge in [-0.1, -0.05) is 0 Å². The molecule has 4 rings (SSSR count). The van der Waals surface area contributed by atoms with Crippen molar-refractivity contribution in [2.24, 2.45) is 5.41 Å².